The van der Waals surface area contributed by atoms with Gasteiger partial charge in [0.15, 0.2) is 5.79 Å². The molecule has 4 atom stereocenters. The number of rotatable bonds is 1. The fraction of sp³-hybridized carbons (Fsp3) is 0.850. The van der Waals surface area contributed by atoms with Crippen LogP contribution >= 0.6 is 0 Å². The van der Waals surface area contributed by atoms with E-state index in [9.17, 15) is 4.79 Å². The zero-order valence-electron chi connectivity index (χ0n) is 14.8. The fourth-order valence-corrected chi connectivity index (χ4v) is 6.10. The normalized spacial score (nSPS) is 42.5. The molecule has 23 heavy (non-hydrogen) atoms. The van der Waals surface area contributed by atoms with Crippen LogP contribution in [0.5, 0.6) is 0 Å². The van der Waals surface area contributed by atoms with Gasteiger partial charge in [0.1, 0.15) is 5.78 Å². The van der Waals surface area contributed by atoms with E-state index in [1.165, 1.54) is 18.4 Å². The molecule has 1 spiro atoms. The van der Waals surface area contributed by atoms with Crippen molar-refractivity contribution in [3.8, 4) is 0 Å². The first-order valence-corrected chi connectivity index (χ1v) is 9.48. The Hall–Kier alpha value is -0.670. The summed E-state index contributed by atoms with van der Waals surface area (Å²) in [5.41, 5.74) is 1.38. The molecule has 1 aliphatic heterocycles. The summed E-state index contributed by atoms with van der Waals surface area (Å²) in [5.74, 6) is 0.836. The van der Waals surface area contributed by atoms with Crippen molar-refractivity contribution < 1.29 is 14.3 Å². The van der Waals surface area contributed by atoms with Crippen molar-refractivity contribution in [1.82, 2.24) is 0 Å². The minimum Gasteiger partial charge on any atom is -0.347 e. The van der Waals surface area contributed by atoms with E-state index in [1.54, 1.807) is 0 Å². The van der Waals surface area contributed by atoms with Gasteiger partial charge in [0.25, 0.3) is 0 Å². The minimum absolute atomic E-state index is 0.0278. The monoisotopic (exact) mass is 318 g/mol. The highest BCUT2D eigenvalue weighted by Crippen LogP contribution is 2.62. The van der Waals surface area contributed by atoms with Gasteiger partial charge in [-0.15, -0.1) is 0 Å². The van der Waals surface area contributed by atoms with Crippen molar-refractivity contribution in [2.45, 2.75) is 65.1 Å². The van der Waals surface area contributed by atoms with E-state index in [0.29, 0.717) is 30.8 Å². The second kappa shape index (κ2) is 5.42. The van der Waals surface area contributed by atoms with Gasteiger partial charge in [0, 0.05) is 12.3 Å². The third-order valence-corrected chi connectivity index (χ3v) is 7.12. The van der Waals surface area contributed by atoms with Gasteiger partial charge in [-0.2, -0.15) is 0 Å². The lowest BCUT2D eigenvalue weighted by Gasteiger charge is -2.39. The molecule has 1 heterocycles. The highest BCUT2D eigenvalue weighted by Gasteiger charge is 2.66. The molecule has 0 N–H and O–H groups in total. The van der Waals surface area contributed by atoms with Crippen molar-refractivity contribution in [2.75, 3.05) is 13.2 Å². The molecule has 1 unspecified atom stereocenters. The van der Waals surface area contributed by atoms with Crippen LogP contribution in [0.25, 0.3) is 0 Å². The van der Waals surface area contributed by atoms with E-state index in [2.05, 4.69) is 26.8 Å². The molecular weight excluding hydrogens is 288 g/mol. The van der Waals surface area contributed by atoms with E-state index in [0.717, 1.165) is 25.7 Å². The second-order valence-electron chi connectivity index (χ2n) is 8.69. The Balaban J connectivity index is 1.80. The van der Waals surface area contributed by atoms with Gasteiger partial charge in [-0.3, -0.25) is 4.79 Å². The van der Waals surface area contributed by atoms with Crippen LogP contribution in [0, 0.1) is 29.1 Å². The third-order valence-electron chi connectivity index (χ3n) is 7.12. The smallest absolute Gasteiger partial charge is 0.179 e. The lowest BCUT2D eigenvalue weighted by Crippen LogP contribution is -2.47. The van der Waals surface area contributed by atoms with Crippen LogP contribution in [0.4, 0.5) is 0 Å². The van der Waals surface area contributed by atoms with E-state index in [1.807, 2.05) is 0 Å². The van der Waals surface area contributed by atoms with E-state index in [-0.39, 0.29) is 17.3 Å². The summed E-state index contributed by atoms with van der Waals surface area (Å²) < 4.78 is 12.3. The Labute approximate surface area is 139 Å². The number of carbonyl (C=O) groups is 1. The summed E-state index contributed by atoms with van der Waals surface area (Å²) >= 11 is 0. The Bertz CT molecular complexity index is 529. The second-order valence-corrected chi connectivity index (χ2v) is 8.69. The molecule has 3 aliphatic carbocycles. The first-order valence-electron chi connectivity index (χ1n) is 9.48. The summed E-state index contributed by atoms with van der Waals surface area (Å²) in [6, 6.07) is 0. The Morgan fingerprint density at radius 3 is 2.65 bits per heavy atom. The van der Waals surface area contributed by atoms with E-state index in [4.69, 9.17) is 9.47 Å². The van der Waals surface area contributed by atoms with Gasteiger partial charge < -0.3 is 9.47 Å². The Morgan fingerprint density at radius 1 is 1.22 bits per heavy atom. The minimum atomic E-state index is -0.637. The fourth-order valence-electron chi connectivity index (χ4n) is 6.10. The van der Waals surface area contributed by atoms with Gasteiger partial charge >= 0.3 is 0 Å². The van der Waals surface area contributed by atoms with Crippen LogP contribution in [0.3, 0.4) is 0 Å². The van der Waals surface area contributed by atoms with Gasteiger partial charge in [-0.1, -0.05) is 38.8 Å². The molecule has 0 amide bonds. The molecule has 0 bridgehead atoms. The van der Waals surface area contributed by atoms with Crippen molar-refractivity contribution in [2.24, 2.45) is 29.1 Å². The average molecular weight is 318 g/mol. The zero-order valence-corrected chi connectivity index (χ0v) is 14.8. The van der Waals surface area contributed by atoms with Crippen LogP contribution in [0.2, 0.25) is 0 Å². The van der Waals surface area contributed by atoms with Gasteiger partial charge in [0.2, 0.25) is 0 Å². The first-order chi connectivity index (χ1) is 11.0. The summed E-state index contributed by atoms with van der Waals surface area (Å²) in [6.45, 7) is 8.17. The Kier molecular flexibility index (Phi) is 3.73. The molecule has 3 fully saturated rings. The first kappa shape index (κ1) is 15.8. The quantitative estimate of drug-likeness (QED) is 0.682. The van der Waals surface area contributed by atoms with Crippen molar-refractivity contribution >= 4 is 5.78 Å². The summed E-state index contributed by atoms with van der Waals surface area (Å²) in [7, 11) is 0. The lowest BCUT2D eigenvalue weighted by atomic mass is 9.65. The number of ketones is 1. The molecule has 0 aromatic carbocycles. The van der Waals surface area contributed by atoms with Crippen LogP contribution in [0.15, 0.2) is 11.6 Å². The standard InChI is InChI=1S/C20H30O3/c1-13(2)16-12-20(22-10-11-23-20)18-17(21)15-7-5-4-6-14(15)8-9-19(16,18)3/h8,13,15-16,18H,4-7,9-12H2,1-3H3/t15?,16-,18-,19-/m1/s1. The van der Waals surface area contributed by atoms with Gasteiger partial charge in [-0.05, 0) is 42.9 Å². The van der Waals surface area contributed by atoms with Crippen molar-refractivity contribution in [3.05, 3.63) is 11.6 Å². The van der Waals surface area contributed by atoms with E-state index >= 15 is 0 Å². The highest BCUT2D eigenvalue weighted by molar-refractivity contribution is 5.88. The number of hydrogen-bond acceptors (Lipinski definition) is 3. The van der Waals surface area contributed by atoms with Gasteiger partial charge in [0.05, 0.1) is 19.1 Å². The number of allylic oxidation sites excluding steroid dienone is 2. The molecule has 4 rings (SSSR count). The highest BCUT2D eigenvalue weighted by atomic mass is 16.7. The maximum atomic E-state index is 13.6. The lowest BCUT2D eigenvalue weighted by molar-refractivity contribution is -0.196. The predicted octanol–water partition coefficient (Wildman–Crippen LogP) is 4.12. The molecule has 0 radical (unpaired) electrons. The molecule has 0 aromatic heterocycles. The molecule has 128 valence electrons. The zero-order chi connectivity index (χ0) is 16.2. The van der Waals surface area contributed by atoms with Gasteiger partial charge in [-0.25, -0.2) is 0 Å². The molecule has 0 aromatic rings. The maximum absolute atomic E-state index is 13.6. The van der Waals surface area contributed by atoms with Crippen molar-refractivity contribution in [3.63, 3.8) is 0 Å². The predicted molar refractivity (Wildman–Crippen MR) is 88.8 cm³/mol. The van der Waals surface area contributed by atoms with Crippen LogP contribution in [-0.4, -0.2) is 24.8 Å². The van der Waals surface area contributed by atoms with Crippen LogP contribution < -0.4 is 0 Å². The molecule has 1 saturated heterocycles. The molecule has 4 aliphatic rings. The SMILES string of the molecule is CC(C)[C@H]1CC2(OCCO2)[C@@H]2C(=O)C3CCCCC3=CC[C@]12C. The number of Topliss-reactive ketones (excluding diaryl/α,β-unsaturated/α-hetero) is 1. The molecule has 3 nitrogen and oxygen atoms in total. The number of carbonyl (C=O) groups excluding carboxylic acids is 1. The largest absolute Gasteiger partial charge is 0.347 e. The maximum Gasteiger partial charge on any atom is 0.179 e. The number of ether oxygens (including phenoxy) is 2. The van der Waals surface area contributed by atoms with E-state index < -0.39 is 5.79 Å². The average Bonchev–Trinajstić information content (AvgIpc) is 3.06. The number of fused-ring (bicyclic) bond motifs is 3. The molecule has 3 heteroatoms. The molecule has 2 saturated carbocycles. The topological polar surface area (TPSA) is 35.5 Å². The summed E-state index contributed by atoms with van der Waals surface area (Å²) in [6.07, 6.45) is 8.87. The Morgan fingerprint density at radius 2 is 1.96 bits per heavy atom. The van der Waals surface area contributed by atoms with Crippen LogP contribution in [0.1, 0.15) is 59.3 Å². The summed E-state index contributed by atoms with van der Waals surface area (Å²) in [5, 5.41) is 0. The molecular formula is C20H30O3. The van der Waals surface area contributed by atoms with Crippen molar-refractivity contribution in [1.29, 1.82) is 0 Å². The third kappa shape index (κ3) is 2.19. The number of hydrogen-bond donors (Lipinski definition) is 0. The summed E-state index contributed by atoms with van der Waals surface area (Å²) in [4.78, 5) is 13.6. The van der Waals surface area contributed by atoms with Crippen LogP contribution in [-0.2, 0) is 14.3 Å².